The zero-order valence-electron chi connectivity index (χ0n) is 11.6. The van der Waals surface area contributed by atoms with E-state index in [1.165, 1.54) is 23.4 Å². The highest BCUT2D eigenvalue weighted by Gasteiger charge is 2.20. The summed E-state index contributed by atoms with van der Waals surface area (Å²) in [7, 11) is 1.98. The normalized spacial score (nSPS) is 19.2. The van der Waals surface area contributed by atoms with Crippen LogP contribution in [-0.4, -0.2) is 32.4 Å². The van der Waals surface area contributed by atoms with Crippen LogP contribution in [0.25, 0.3) is 0 Å². The zero-order chi connectivity index (χ0) is 13.2. The molecule has 1 aliphatic heterocycles. The lowest BCUT2D eigenvalue weighted by Crippen LogP contribution is -2.12. The zero-order valence-corrected chi connectivity index (χ0v) is 11.6. The van der Waals surface area contributed by atoms with Crippen LogP contribution in [0.5, 0.6) is 0 Å². The minimum Gasteiger partial charge on any atom is -0.330 e. The third kappa shape index (κ3) is 2.42. The summed E-state index contributed by atoms with van der Waals surface area (Å²) in [6.07, 6.45) is 8.26. The van der Waals surface area contributed by atoms with Crippen molar-refractivity contribution in [2.75, 3.05) is 13.1 Å². The summed E-state index contributed by atoms with van der Waals surface area (Å²) in [5.74, 6) is 0.601. The number of aromatic nitrogens is 4. The Morgan fingerprint density at radius 3 is 3.11 bits per heavy atom. The van der Waals surface area contributed by atoms with Crippen LogP contribution in [0.2, 0.25) is 0 Å². The van der Waals surface area contributed by atoms with Gasteiger partial charge in [0, 0.05) is 43.2 Å². The molecule has 0 amide bonds. The lowest BCUT2D eigenvalue weighted by molar-refractivity contribution is 0.652. The molecule has 3 rings (SSSR count). The van der Waals surface area contributed by atoms with Gasteiger partial charge in [-0.05, 0) is 19.4 Å². The van der Waals surface area contributed by atoms with Crippen molar-refractivity contribution >= 4 is 0 Å². The second-order valence-corrected chi connectivity index (χ2v) is 5.26. The molecule has 0 radical (unpaired) electrons. The summed E-state index contributed by atoms with van der Waals surface area (Å²) in [4.78, 5) is 4.33. The average molecular weight is 259 g/mol. The molecule has 1 fully saturated rings. The molecule has 1 unspecified atom stereocenters. The molecule has 1 saturated heterocycles. The summed E-state index contributed by atoms with van der Waals surface area (Å²) >= 11 is 0. The van der Waals surface area contributed by atoms with Crippen molar-refractivity contribution in [1.82, 2.24) is 24.6 Å². The lowest BCUT2D eigenvalue weighted by Gasteiger charge is -2.12. The van der Waals surface area contributed by atoms with Crippen LogP contribution >= 0.6 is 0 Å². The Morgan fingerprint density at radius 2 is 2.37 bits per heavy atom. The van der Waals surface area contributed by atoms with Gasteiger partial charge in [0.05, 0.1) is 18.6 Å². The minimum absolute atomic E-state index is 0.601. The molecule has 5 nitrogen and oxygen atoms in total. The Labute approximate surface area is 113 Å². The van der Waals surface area contributed by atoms with Gasteiger partial charge in [0.1, 0.15) is 0 Å². The maximum absolute atomic E-state index is 4.51. The quantitative estimate of drug-likeness (QED) is 0.900. The highest BCUT2D eigenvalue weighted by atomic mass is 15.3. The van der Waals surface area contributed by atoms with Crippen molar-refractivity contribution in [2.45, 2.75) is 32.2 Å². The number of rotatable bonds is 4. The first kappa shape index (κ1) is 12.4. The van der Waals surface area contributed by atoms with Crippen molar-refractivity contribution in [3.63, 3.8) is 0 Å². The molecule has 0 bridgehead atoms. The van der Waals surface area contributed by atoms with E-state index in [0.29, 0.717) is 5.92 Å². The van der Waals surface area contributed by atoms with Gasteiger partial charge in [-0.15, -0.1) is 0 Å². The Hall–Kier alpha value is -1.62. The van der Waals surface area contributed by atoms with Crippen molar-refractivity contribution in [1.29, 1.82) is 0 Å². The summed E-state index contributed by atoms with van der Waals surface area (Å²) < 4.78 is 4.18. The van der Waals surface area contributed by atoms with Gasteiger partial charge in [-0.25, -0.2) is 4.98 Å². The molecule has 0 aliphatic carbocycles. The van der Waals surface area contributed by atoms with E-state index in [0.717, 1.165) is 26.1 Å². The van der Waals surface area contributed by atoms with Crippen molar-refractivity contribution in [3.8, 4) is 0 Å². The number of hydrogen-bond acceptors (Lipinski definition) is 3. The fourth-order valence-corrected chi connectivity index (χ4v) is 2.91. The summed E-state index contributed by atoms with van der Waals surface area (Å²) in [5, 5.41) is 7.93. The molecule has 1 aliphatic rings. The molecule has 19 heavy (non-hydrogen) atoms. The molecule has 2 aromatic rings. The monoisotopic (exact) mass is 259 g/mol. The van der Waals surface area contributed by atoms with E-state index < -0.39 is 0 Å². The molecular weight excluding hydrogens is 238 g/mol. The molecule has 2 aromatic heterocycles. The van der Waals surface area contributed by atoms with Gasteiger partial charge in [-0.1, -0.05) is 6.92 Å². The molecule has 1 N–H and O–H groups in total. The maximum Gasteiger partial charge on any atom is 0.0951 e. The predicted octanol–water partition coefficient (Wildman–Crippen LogP) is 1.30. The van der Waals surface area contributed by atoms with Gasteiger partial charge < -0.3 is 9.88 Å². The van der Waals surface area contributed by atoms with Crippen molar-refractivity contribution in [2.24, 2.45) is 7.05 Å². The van der Waals surface area contributed by atoms with Crippen LogP contribution in [-0.2, 0) is 20.0 Å². The van der Waals surface area contributed by atoms with E-state index in [9.17, 15) is 0 Å². The second kappa shape index (κ2) is 5.17. The number of nitrogens with zero attached hydrogens (tertiary/aromatic N) is 4. The summed E-state index contributed by atoms with van der Waals surface area (Å²) in [6, 6.07) is 0. The van der Waals surface area contributed by atoms with Crippen molar-refractivity contribution < 1.29 is 0 Å². The first-order valence-corrected chi connectivity index (χ1v) is 7.00. The SMILES string of the molecule is CCc1nn(C)cc1Cn1cncc1C1CCNC1. The van der Waals surface area contributed by atoms with Gasteiger partial charge in [0.2, 0.25) is 0 Å². The number of imidazole rings is 1. The standard InChI is InChI=1S/C14H21N5/c1-3-13-12(8-18(2)17-13)9-19-10-16-7-14(19)11-4-5-15-6-11/h7-8,10-11,15H,3-6,9H2,1-2H3. The van der Waals surface area contributed by atoms with E-state index in [-0.39, 0.29) is 0 Å². The largest absolute Gasteiger partial charge is 0.330 e. The highest BCUT2D eigenvalue weighted by Crippen LogP contribution is 2.23. The number of hydrogen-bond donors (Lipinski definition) is 1. The van der Waals surface area contributed by atoms with Crippen LogP contribution in [0.3, 0.4) is 0 Å². The Kier molecular flexibility index (Phi) is 3.38. The van der Waals surface area contributed by atoms with E-state index in [4.69, 9.17) is 0 Å². The number of nitrogens with one attached hydrogen (secondary N) is 1. The second-order valence-electron chi connectivity index (χ2n) is 5.26. The Morgan fingerprint density at radius 1 is 1.47 bits per heavy atom. The fraction of sp³-hybridized carbons (Fsp3) is 0.571. The fourth-order valence-electron chi connectivity index (χ4n) is 2.91. The first-order chi connectivity index (χ1) is 9.28. The van der Waals surface area contributed by atoms with Crippen LogP contribution in [0.1, 0.15) is 36.2 Å². The van der Waals surface area contributed by atoms with Crippen molar-refractivity contribution in [3.05, 3.63) is 35.7 Å². The van der Waals surface area contributed by atoms with E-state index >= 15 is 0 Å². The summed E-state index contributed by atoms with van der Waals surface area (Å²) in [5.41, 5.74) is 3.83. The minimum atomic E-state index is 0.601. The number of aryl methyl sites for hydroxylation is 2. The predicted molar refractivity (Wildman–Crippen MR) is 74.1 cm³/mol. The van der Waals surface area contributed by atoms with Gasteiger partial charge in [0.15, 0.2) is 0 Å². The van der Waals surface area contributed by atoms with Gasteiger partial charge in [0.25, 0.3) is 0 Å². The average Bonchev–Trinajstić information content (AvgIpc) is 3.09. The van der Waals surface area contributed by atoms with Crippen LogP contribution in [0.4, 0.5) is 0 Å². The first-order valence-electron chi connectivity index (χ1n) is 7.00. The van der Waals surface area contributed by atoms with Gasteiger partial charge in [-0.3, -0.25) is 4.68 Å². The molecular formula is C14H21N5. The highest BCUT2D eigenvalue weighted by molar-refractivity contribution is 5.19. The van der Waals surface area contributed by atoms with E-state index in [2.05, 4.69) is 33.1 Å². The van der Waals surface area contributed by atoms with Crippen LogP contribution in [0, 0.1) is 0 Å². The molecule has 0 saturated carbocycles. The molecule has 0 aromatic carbocycles. The smallest absolute Gasteiger partial charge is 0.0951 e. The summed E-state index contributed by atoms with van der Waals surface area (Å²) in [6.45, 7) is 5.21. The third-order valence-corrected chi connectivity index (χ3v) is 3.89. The van der Waals surface area contributed by atoms with Gasteiger partial charge >= 0.3 is 0 Å². The molecule has 0 spiro atoms. The Balaban J connectivity index is 1.84. The van der Waals surface area contributed by atoms with Crippen LogP contribution in [0.15, 0.2) is 18.7 Å². The van der Waals surface area contributed by atoms with E-state index in [1.54, 1.807) is 0 Å². The Bertz CT molecular complexity index is 548. The molecule has 1 atom stereocenters. The molecule has 5 heteroatoms. The molecule has 3 heterocycles. The maximum atomic E-state index is 4.51. The third-order valence-electron chi connectivity index (χ3n) is 3.89. The lowest BCUT2D eigenvalue weighted by atomic mass is 10.1. The molecule has 102 valence electrons. The topological polar surface area (TPSA) is 47.7 Å². The van der Waals surface area contributed by atoms with Crippen LogP contribution < -0.4 is 5.32 Å². The van der Waals surface area contributed by atoms with E-state index in [1.807, 2.05) is 24.3 Å². The van der Waals surface area contributed by atoms with Gasteiger partial charge in [-0.2, -0.15) is 5.10 Å².